The van der Waals surface area contributed by atoms with Crippen LogP contribution in [0, 0.1) is 5.92 Å². The maximum Gasteiger partial charge on any atom is 0.134 e. The van der Waals surface area contributed by atoms with Gasteiger partial charge in [-0.15, -0.1) is 0 Å². The molecule has 1 atom stereocenters. The number of likely N-dealkylation sites (tertiary alicyclic amines) is 1. The summed E-state index contributed by atoms with van der Waals surface area (Å²) in [5, 5.41) is 8.55. The van der Waals surface area contributed by atoms with Gasteiger partial charge in [-0.2, -0.15) is 0 Å². The van der Waals surface area contributed by atoms with Gasteiger partial charge in [-0.05, 0) is 12.3 Å². The number of aliphatic hydroxyl groups excluding tert-OH is 1. The highest BCUT2D eigenvalue weighted by Crippen LogP contribution is 2.16. The Labute approximate surface area is 74.9 Å². The summed E-state index contributed by atoms with van der Waals surface area (Å²) in [6, 6.07) is 0. The lowest BCUT2D eigenvalue weighted by Gasteiger charge is -2.16. The highest BCUT2D eigenvalue weighted by Gasteiger charge is 2.18. The highest BCUT2D eigenvalue weighted by molar-refractivity contribution is 4.93. The second kappa shape index (κ2) is 5.75. The first-order valence-electron chi connectivity index (χ1n) is 4.59. The topological polar surface area (TPSA) is 49.5 Å². The average molecular weight is 172 g/mol. The van der Waals surface area contributed by atoms with Gasteiger partial charge in [0, 0.05) is 13.1 Å². The third-order valence-corrected chi connectivity index (χ3v) is 1.92. The van der Waals surface area contributed by atoms with Gasteiger partial charge in [0.15, 0.2) is 0 Å². The molecular formula is C9H20N2O. The largest absolute Gasteiger partial charge is 0.512 e. The van der Waals surface area contributed by atoms with Gasteiger partial charge in [0.05, 0.1) is 0 Å². The van der Waals surface area contributed by atoms with E-state index in [9.17, 15) is 0 Å². The molecule has 1 unspecified atom stereocenters. The molecule has 0 aromatic carbocycles. The van der Waals surface area contributed by atoms with Crippen molar-refractivity contribution in [1.82, 2.24) is 4.90 Å². The fraction of sp³-hybridized carbons (Fsp3) is 0.778. The predicted octanol–water partition coefficient (Wildman–Crippen LogP) is 1.67. The number of hydrogen-bond donors (Lipinski definition) is 2. The quantitative estimate of drug-likeness (QED) is 0.591. The molecule has 0 spiro atoms. The molecule has 3 nitrogen and oxygen atoms in total. The SMILES string of the molecule is CC.CC1CCN(/C(N)=C/O)C1. The summed E-state index contributed by atoms with van der Waals surface area (Å²) >= 11 is 0. The molecule has 0 aromatic rings. The fourth-order valence-electron chi connectivity index (χ4n) is 1.25. The Morgan fingerprint density at radius 1 is 1.58 bits per heavy atom. The van der Waals surface area contributed by atoms with Gasteiger partial charge < -0.3 is 15.7 Å². The van der Waals surface area contributed by atoms with Crippen LogP contribution in [0.25, 0.3) is 0 Å². The molecule has 12 heavy (non-hydrogen) atoms. The summed E-state index contributed by atoms with van der Waals surface area (Å²) < 4.78 is 0. The third kappa shape index (κ3) is 3.03. The highest BCUT2D eigenvalue weighted by atomic mass is 16.2. The van der Waals surface area contributed by atoms with Crippen molar-refractivity contribution in [2.45, 2.75) is 27.2 Å². The maximum atomic E-state index is 8.55. The van der Waals surface area contributed by atoms with Crippen LogP contribution >= 0.6 is 0 Å². The minimum Gasteiger partial charge on any atom is -0.512 e. The number of nitrogens with two attached hydrogens (primary N) is 1. The van der Waals surface area contributed by atoms with Crippen LogP contribution in [0.15, 0.2) is 12.1 Å². The molecule has 1 aliphatic heterocycles. The van der Waals surface area contributed by atoms with Crippen LogP contribution in [0.1, 0.15) is 27.2 Å². The lowest BCUT2D eigenvalue weighted by molar-refractivity contribution is 0.369. The number of hydrogen-bond acceptors (Lipinski definition) is 3. The summed E-state index contributed by atoms with van der Waals surface area (Å²) in [6.45, 7) is 8.14. The first-order chi connectivity index (χ1) is 5.74. The first-order valence-corrected chi connectivity index (χ1v) is 4.59. The minimum absolute atomic E-state index is 0.490. The molecular weight excluding hydrogens is 152 g/mol. The van der Waals surface area contributed by atoms with Crippen LogP contribution in [0.5, 0.6) is 0 Å². The van der Waals surface area contributed by atoms with Gasteiger partial charge in [-0.25, -0.2) is 0 Å². The molecule has 1 saturated heterocycles. The van der Waals surface area contributed by atoms with Crippen molar-refractivity contribution in [2.75, 3.05) is 13.1 Å². The monoisotopic (exact) mass is 172 g/mol. The molecule has 72 valence electrons. The summed E-state index contributed by atoms with van der Waals surface area (Å²) in [7, 11) is 0. The number of aliphatic hydroxyl groups is 1. The smallest absolute Gasteiger partial charge is 0.134 e. The Morgan fingerprint density at radius 3 is 2.50 bits per heavy atom. The van der Waals surface area contributed by atoms with E-state index in [0.29, 0.717) is 11.7 Å². The zero-order chi connectivity index (χ0) is 9.56. The van der Waals surface area contributed by atoms with Crippen molar-refractivity contribution in [2.24, 2.45) is 11.7 Å². The number of nitrogens with zero attached hydrogens (tertiary/aromatic N) is 1. The second-order valence-electron chi connectivity index (χ2n) is 2.89. The van der Waals surface area contributed by atoms with Gasteiger partial charge in [0.2, 0.25) is 0 Å². The Hall–Kier alpha value is -0.860. The van der Waals surface area contributed by atoms with Crippen molar-refractivity contribution < 1.29 is 5.11 Å². The molecule has 0 bridgehead atoms. The normalized spacial score (nSPS) is 23.4. The Morgan fingerprint density at radius 2 is 2.17 bits per heavy atom. The van der Waals surface area contributed by atoms with Crippen LogP contribution in [0.2, 0.25) is 0 Å². The van der Waals surface area contributed by atoms with E-state index in [4.69, 9.17) is 10.8 Å². The van der Waals surface area contributed by atoms with Gasteiger partial charge in [-0.1, -0.05) is 20.8 Å². The second-order valence-corrected chi connectivity index (χ2v) is 2.89. The third-order valence-electron chi connectivity index (χ3n) is 1.92. The van der Waals surface area contributed by atoms with E-state index in [2.05, 4.69) is 6.92 Å². The minimum atomic E-state index is 0.490. The van der Waals surface area contributed by atoms with Crippen molar-refractivity contribution in [3.05, 3.63) is 12.1 Å². The van der Waals surface area contributed by atoms with E-state index in [1.54, 1.807) is 0 Å². The van der Waals surface area contributed by atoms with Crippen LogP contribution in [-0.2, 0) is 0 Å². The van der Waals surface area contributed by atoms with Crippen molar-refractivity contribution in [1.29, 1.82) is 0 Å². The van der Waals surface area contributed by atoms with Gasteiger partial charge in [0.25, 0.3) is 0 Å². The molecule has 0 saturated carbocycles. The van der Waals surface area contributed by atoms with Gasteiger partial charge in [-0.3, -0.25) is 0 Å². The van der Waals surface area contributed by atoms with Crippen LogP contribution < -0.4 is 5.73 Å². The van der Waals surface area contributed by atoms with E-state index in [1.807, 2.05) is 18.7 Å². The van der Waals surface area contributed by atoms with E-state index < -0.39 is 0 Å². The molecule has 0 amide bonds. The molecule has 0 aromatic heterocycles. The lowest BCUT2D eigenvalue weighted by atomic mass is 10.2. The van der Waals surface area contributed by atoms with Gasteiger partial charge in [0.1, 0.15) is 12.1 Å². The van der Waals surface area contributed by atoms with E-state index in [1.165, 1.54) is 6.42 Å². The van der Waals surface area contributed by atoms with E-state index in [-0.39, 0.29) is 0 Å². The van der Waals surface area contributed by atoms with Crippen molar-refractivity contribution in [3.63, 3.8) is 0 Å². The van der Waals surface area contributed by atoms with Crippen LogP contribution in [0.4, 0.5) is 0 Å². The molecule has 1 heterocycles. The molecule has 1 aliphatic rings. The molecule has 1 fully saturated rings. The Bertz CT molecular complexity index is 145. The average Bonchev–Trinajstić information content (AvgIpc) is 2.54. The van der Waals surface area contributed by atoms with Crippen molar-refractivity contribution >= 4 is 0 Å². The Balaban J connectivity index is 0.000000561. The fourth-order valence-corrected chi connectivity index (χ4v) is 1.25. The molecule has 1 rings (SSSR count). The standard InChI is InChI=1S/C7H14N2O.C2H6/c1-6-2-3-9(4-6)7(8)5-10;1-2/h5-6,10H,2-4,8H2,1H3;1-2H3/b7-5+;. The maximum absolute atomic E-state index is 8.55. The number of rotatable bonds is 1. The summed E-state index contributed by atoms with van der Waals surface area (Å²) in [4.78, 5) is 1.99. The lowest BCUT2D eigenvalue weighted by Crippen LogP contribution is -2.25. The van der Waals surface area contributed by atoms with Crippen LogP contribution in [0.3, 0.4) is 0 Å². The van der Waals surface area contributed by atoms with Crippen LogP contribution in [-0.4, -0.2) is 23.1 Å². The summed E-state index contributed by atoms with van der Waals surface area (Å²) in [5.74, 6) is 1.20. The van der Waals surface area contributed by atoms with E-state index >= 15 is 0 Å². The Kier molecular flexibility index (Phi) is 5.34. The van der Waals surface area contributed by atoms with Crippen molar-refractivity contribution in [3.8, 4) is 0 Å². The van der Waals surface area contributed by atoms with E-state index in [0.717, 1.165) is 19.4 Å². The zero-order valence-electron chi connectivity index (χ0n) is 8.25. The molecule has 0 radical (unpaired) electrons. The summed E-state index contributed by atoms with van der Waals surface area (Å²) in [5.41, 5.74) is 5.48. The summed E-state index contributed by atoms with van der Waals surface area (Å²) in [6.07, 6.45) is 2.15. The molecule has 0 aliphatic carbocycles. The molecule has 3 heteroatoms. The first kappa shape index (κ1) is 11.1. The molecule has 3 N–H and O–H groups in total. The zero-order valence-corrected chi connectivity index (χ0v) is 8.25. The van der Waals surface area contributed by atoms with Gasteiger partial charge >= 0.3 is 0 Å². The predicted molar refractivity (Wildman–Crippen MR) is 51.6 cm³/mol.